The predicted molar refractivity (Wildman–Crippen MR) is 122 cm³/mol. The highest BCUT2D eigenvalue weighted by Crippen LogP contribution is 2.61. The standard InChI is InChI=1S/C26H33F6N3O/c1-33(2)24(19-6-4-3-5-7-19)14-12-23(13-15-24)18-34(16-21(8-9-21)25(27,28)29)20(36)35(23)17-22(10-11-22)26(30,31)32/h3-7H,8-18H2,1-2H3. The van der Waals surface area contributed by atoms with Gasteiger partial charge in [0.05, 0.1) is 16.4 Å². The quantitative estimate of drug-likeness (QED) is 0.422. The number of halogens is 6. The van der Waals surface area contributed by atoms with Gasteiger partial charge in [0.15, 0.2) is 0 Å². The van der Waals surface area contributed by atoms with Crippen LogP contribution in [0, 0.1) is 10.8 Å². The van der Waals surface area contributed by atoms with Crippen LogP contribution in [0.3, 0.4) is 0 Å². The van der Waals surface area contributed by atoms with Crippen LogP contribution in [0.5, 0.6) is 0 Å². The molecule has 3 saturated carbocycles. The summed E-state index contributed by atoms with van der Waals surface area (Å²) >= 11 is 0. The molecule has 1 saturated heterocycles. The molecule has 4 aliphatic rings. The molecule has 1 aromatic carbocycles. The lowest BCUT2D eigenvalue weighted by atomic mass is 9.68. The van der Waals surface area contributed by atoms with Crippen LogP contribution in [0.25, 0.3) is 0 Å². The molecule has 1 aromatic rings. The lowest BCUT2D eigenvalue weighted by Gasteiger charge is -2.51. The summed E-state index contributed by atoms with van der Waals surface area (Å²) in [6.07, 6.45) is -6.98. The summed E-state index contributed by atoms with van der Waals surface area (Å²) in [7, 11) is 3.94. The van der Waals surface area contributed by atoms with Gasteiger partial charge in [-0.3, -0.25) is 4.90 Å². The molecule has 3 aliphatic carbocycles. The first kappa shape index (κ1) is 25.7. The Hall–Kier alpha value is -1.97. The van der Waals surface area contributed by atoms with Gasteiger partial charge in [0.2, 0.25) is 0 Å². The first-order valence-electron chi connectivity index (χ1n) is 12.6. The highest BCUT2D eigenvalue weighted by molar-refractivity contribution is 5.78. The second kappa shape index (κ2) is 8.01. The molecule has 5 rings (SSSR count). The first-order chi connectivity index (χ1) is 16.7. The van der Waals surface area contributed by atoms with Crippen molar-refractivity contribution in [3.8, 4) is 0 Å². The average molecular weight is 518 g/mol. The summed E-state index contributed by atoms with van der Waals surface area (Å²) < 4.78 is 82.9. The second-order valence-electron chi connectivity index (χ2n) is 11.8. The van der Waals surface area contributed by atoms with Crippen molar-refractivity contribution in [3.63, 3.8) is 0 Å². The Bertz CT molecular complexity index is 989. The average Bonchev–Trinajstić information content (AvgIpc) is 3.71. The van der Waals surface area contributed by atoms with Crippen LogP contribution in [0.4, 0.5) is 31.1 Å². The zero-order valence-electron chi connectivity index (χ0n) is 20.7. The Morgan fingerprint density at radius 1 is 0.778 bits per heavy atom. The van der Waals surface area contributed by atoms with Crippen molar-refractivity contribution in [2.45, 2.75) is 74.8 Å². The van der Waals surface area contributed by atoms with Crippen LogP contribution < -0.4 is 0 Å². The predicted octanol–water partition coefficient (Wildman–Crippen LogP) is 6.18. The lowest BCUT2D eigenvalue weighted by molar-refractivity contribution is -0.192. The number of rotatable bonds is 6. The van der Waals surface area contributed by atoms with Gasteiger partial charge in [0.1, 0.15) is 0 Å². The van der Waals surface area contributed by atoms with Gasteiger partial charge in [-0.1, -0.05) is 30.3 Å². The minimum absolute atomic E-state index is 0.0441. The molecule has 1 spiro atoms. The second-order valence-corrected chi connectivity index (χ2v) is 11.8. The minimum Gasteiger partial charge on any atom is -0.321 e. The van der Waals surface area contributed by atoms with E-state index in [2.05, 4.69) is 4.90 Å². The van der Waals surface area contributed by atoms with E-state index in [4.69, 9.17) is 0 Å². The summed E-state index contributed by atoms with van der Waals surface area (Å²) in [5.41, 5.74) is -4.01. The lowest BCUT2D eigenvalue weighted by Crippen LogP contribution is -2.57. The number of carbonyl (C=O) groups is 1. The summed E-state index contributed by atoms with van der Waals surface area (Å²) in [6.45, 7) is -0.884. The topological polar surface area (TPSA) is 26.8 Å². The van der Waals surface area contributed by atoms with Gasteiger partial charge in [-0.25, -0.2) is 4.79 Å². The van der Waals surface area contributed by atoms with Gasteiger partial charge in [-0.2, -0.15) is 26.3 Å². The Kier molecular flexibility index (Phi) is 5.71. The molecule has 4 nitrogen and oxygen atoms in total. The molecule has 0 radical (unpaired) electrons. The van der Waals surface area contributed by atoms with Crippen molar-refractivity contribution in [2.24, 2.45) is 10.8 Å². The smallest absolute Gasteiger partial charge is 0.321 e. The summed E-state index contributed by atoms with van der Waals surface area (Å²) in [5.74, 6) is 0. The molecule has 10 heteroatoms. The summed E-state index contributed by atoms with van der Waals surface area (Å²) in [5, 5.41) is 0. The van der Waals surface area contributed by atoms with E-state index in [1.54, 1.807) is 0 Å². The van der Waals surface area contributed by atoms with Crippen LogP contribution in [0.2, 0.25) is 0 Å². The fourth-order valence-electron chi connectivity index (χ4n) is 6.57. The Morgan fingerprint density at radius 3 is 1.72 bits per heavy atom. The molecule has 4 fully saturated rings. The molecule has 1 aliphatic heterocycles. The number of benzene rings is 1. The fraction of sp³-hybridized carbons (Fsp3) is 0.731. The van der Waals surface area contributed by atoms with Gasteiger partial charge in [0.25, 0.3) is 0 Å². The Labute approximate surface area is 207 Å². The molecule has 2 amide bonds. The van der Waals surface area contributed by atoms with Gasteiger partial charge in [-0.05, 0) is 71.0 Å². The summed E-state index contributed by atoms with van der Waals surface area (Å²) in [4.78, 5) is 18.2. The van der Waals surface area contributed by atoms with Crippen molar-refractivity contribution in [1.29, 1.82) is 0 Å². The number of amides is 2. The maximum atomic E-state index is 13.9. The Morgan fingerprint density at radius 2 is 1.28 bits per heavy atom. The van der Waals surface area contributed by atoms with E-state index in [-0.39, 0.29) is 37.8 Å². The molecular formula is C26H33F6N3O. The van der Waals surface area contributed by atoms with E-state index in [9.17, 15) is 31.1 Å². The van der Waals surface area contributed by atoms with Crippen LogP contribution in [0.15, 0.2) is 30.3 Å². The summed E-state index contributed by atoms with van der Waals surface area (Å²) in [6, 6.07) is 9.22. The third kappa shape index (κ3) is 3.89. The van der Waals surface area contributed by atoms with Crippen LogP contribution in [0.1, 0.15) is 56.9 Å². The zero-order chi connectivity index (χ0) is 26.2. The SMILES string of the molecule is CN(C)C1(c2ccccc2)CCC2(CC1)CN(CC1(C(F)(F)F)CC1)C(=O)N2CC1(C(F)(F)F)CC1. The van der Waals surface area contributed by atoms with Crippen LogP contribution in [-0.2, 0) is 5.54 Å². The number of hydrogen-bond donors (Lipinski definition) is 0. The number of alkyl halides is 6. The number of hydrogen-bond acceptors (Lipinski definition) is 2. The van der Waals surface area contributed by atoms with E-state index in [1.807, 2.05) is 44.4 Å². The normalized spacial score (nSPS) is 31.4. The molecule has 0 bridgehead atoms. The third-order valence-corrected chi connectivity index (χ3v) is 9.60. The maximum Gasteiger partial charge on any atom is 0.396 e. The Balaban J connectivity index is 1.45. The monoisotopic (exact) mass is 517 g/mol. The van der Waals surface area contributed by atoms with E-state index in [1.165, 1.54) is 9.80 Å². The van der Waals surface area contributed by atoms with Crippen LogP contribution in [-0.4, -0.2) is 72.4 Å². The maximum absolute atomic E-state index is 13.9. The molecule has 0 N–H and O–H groups in total. The molecule has 1 heterocycles. The number of carbonyl (C=O) groups excluding carboxylic acids is 1. The van der Waals surface area contributed by atoms with E-state index < -0.39 is 47.8 Å². The highest BCUT2D eigenvalue weighted by atomic mass is 19.4. The van der Waals surface area contributed by atoms with Gasteiger partial charge < -0.3 is 9.80 Å². The number of nitrogens with zero attached hydrogens (tertiary/aromatic N) is 3. The minimum atomic E-state index is -4.45. The van der Waals surface area contributed by atoms with E-state index in [0.717, 1.165) is 5.56 Å². The molecule has 0 unspecified atom stereocenters. The number of urea groups is 1. The largest absolute Gasteiger partial charge is 0.396 e. The van der Waals surface area contributed by atoms with Crippen molar-refractivity contribution in [2.75, 3.05) is 33.7 Å². The van der Waals surface area contributed by atoms with Gasteiger partial charge >= 0.3 is 18.4 Å². The van der Waals surface area contributed by atoms with Crippen molar-refractivity contribution in [1.82, 2.24) is 14.7 Å². The molecule has 36 heavy (non-hydrogen) atoms. The first-order valence-corrected chi connectivity index (χ1v) is 12.6. The van der Waals surface area contributed by atoms with Gasteiger partial charge in [0, 0.05) is 25.2 Å². The molecule has 200 valence electrons. The molecule has 0 aromatic heterocycles. The molecular weight excluding hydrogens is 484 g/mol. The fourth-order valence-corrected chi connectivity index (χ4v) is 6.57. The highest BCUT2D eigenvalue weighted by Gasteiger charge is 2.69. The van der Waals surface area contributed by atoms with Crippen molar-refractivity contribution in [3.05, 3.63) is 35.9 Å². The third-order valence-electron chi connectivity index (χ3n) is 9.60. The van der Waals surface area contributed by atoms with Gasteiger partial charge in [-0.15, -0.1) is 0 Å². The van der Waals surface area contributed by atoms with Crippen molar-refractivity contribution >= 4 is 6.03 Å². The van der Waals surface area contributed by atoms with E-state index in [0.29, 0.717) is 25.7 Å². The van der Waals surface area contributed by atoms with Crippen LogP contribution >= 0.6 is 0 Å². The van der Waals surface area contributed by atoms with E-state index >= 15 is 0 Å². The van der Waals surface area contributed by atoms with Crippen molar-refractivity contribution < 1.29 is 31.1 Å². The molecule has 0 atom stereocenters. The zero-order valence-corrected chi connectivity index (χ0v) is 20.7.